The van der Waals surface area contributed by atoms with Gasteiger partial charge >= 0.3 is 0 Å². The number of nitrogens with one attached hydrogen (secondary N) is 2. The number of hydrogen-bond acceptors (Lipinski definition) is 5. The van der Waals surface area contributed by atoms with E-state index in [1.165, 1.54) is 24.4 Å². The van der Waals surface area contributed by atoms with Gasteiger partial charge in [0.1, 0.15) is 11.9 Å². The Morgan fingerprint density at radius 1 is 1.21 bits per heavy atom. The Balaban J connectivity index is 2.07. The molecule has 0 fully saturated rings. The van der Waals surface area contributed by atoms with Gasteiger partial charge < -0.3 is 10.6 Å². The topological polar surface area (TPSA) is 110 Å². The molecule has 1 heterocycles. The molecule has 0 atom stereocenters. The third-order valence-electron chi connectivity index (χ3n) is 3.84. The molecule has 0 bridgehead atoms. The SMILES string of the molecule is N#Cc1cnc2c(Cl)cc(NCCN=[N+]=[N-])cc2c1Nc1ccc(F)c(Cl)c1. The molecule has 3 aromatic rings. The molecule has 2 N–H and O–H groups in total. The van der Waals surface area contributed by atoms with Gasteiger partial charge in [-0.1, -0.05) is 28.3 Å². The molecule has 7 nitrogen and oxygen atoms in total. The van der Waals surface area contributed by atoms with Gasteiger partial charge in [0, 0.05) is 41.0 Å². The highest BCUT2D eigenvalue weighted by Crippen LogP contribution is 2.35. The summed E-state index contributed by atoms with van der Waals surface area (Å²) in [4.78, 5) is 6.96. The van der Waals surface area contributed by atoms with Crippen LogP contribution in [0, 0.1) is 17.1 Å². The summed E-state index contributed by atoms with van der Waals surface area (Å²) in [5, 5.41) is 20.1. The van der Waals surface area contributed by atoms with Crippen molar-refractivity contribution in [2.45, 2.75) is 0 Å². The fraction of sp³-hybridized carbons (Fsp3) is 0.111. The lowest BCUT2D eigenvalue weighted by Crippen LogP contribution is -2.05. The summed E-state index contributed by atoms with van der Waals surface area (Å²) in [6.45, 7) is 0.676. The molecule has 1 aromatic heterocycles. The van der Waals surface area contributed by atoms with Gasteiger partial charge in [0.2, 0.25) is 0 Å². The Morgan fingerprint density at radius 2 is 2.00 bits per heavy atom. The first kappa shape index (κ1) is 19.5. The van der Waals surface area contributed by atoms with E-state index in [4.69, 9.17) is 28.7 Å². The fourth-order valence-electron chi connectivity index (χ4n) is 2.59. The van der Waals surface area contributed by atoms with Crippen LogP contribution < -0.4 is 10.6 Å². The number of nitriles is 1. The van der Waals surface area contributed by atoms with E-state index in [1.807, 2.05) is 0 Å². The third kappa shape index (κ3) is 4.18. The number of nitrogens with zero attached hydrogens (tertiary/aromatic N) is 5. The Kier molecular flexibility index (Phi) is 6.02. The molecule has 0 aliphatic heterocycles. The first-order valence-electron chi connectivity index (χ1n) is 8.02. The molecule has 28 heavy (non-hydrogen) atoms. The second kappa shape index (κ2) is 8.63. The lowest BCUT2D eigenvalue weighted by atomic mass is 10.1. The summed E-state index contributed by atoms with van der Waals surface area (Å²) < 4.78 is 13.4. The molecule has 0 saturated heterocycles. The third-order valence-corrected chi connectivity index (χ3v) is 4.42. The van der Waals surface area contributed by atoms with Crippen LogP contribution in [0.1, 0.15) is 5.56 Å². The highest BCUT2D eigenvalue weighted by atomic mass is 35.5. The molecule has 140 valence electrons. The summed E-state index contributed by atoms with van der Waals surface area (Å²) in [7, 11) is 0. The molecular weight excluding hydrogens is 404 g/mol. The number of halogens is 3. The minimum absolute atomic E-state index is 0.0414. The summed E-state index contributed by atoms with van der Waals surface area (Å²) in [6, 6.07) is 9.72. The maximum atomic E-state index is 13.4. The highest BCUT2D eigenvalue weighted by molar-refractivity contribution is 6.36. The van der Waals surface area contributed by atoms with Gasteiger partial charge in [-0.2, -0.15) is 5.26 Å². The van der Waals surface area contributed by atoms with E-state index in [1.54, 1.807) is 12.1 Å². The van der Waals surface area contributed by atoms with E-state index < -0.39 is 5.82 Å². The largest absolute Gasteiger partial charge is 0.385 e. The number of azide groups is 1. The van der Waals surface area contributed by atoms with Crippen LogP contribution in [-0.2, 0) is 0 Å². The molecule has 2 aromatic carbocycles. The molecular formula is C18H12Cl2FN7. The number of fused-ring (bicyclic) bond motifs is 1. The monoisotopic (exact) mass is 415 g/mol. The maximum absolute atomic E-state index is 13.4. The Bertz CT molecular complexity index is 1140. The number of pyridine rings is 1. The van der Waals surface area contributed by atoms with Crippen LogP contribution in [0.4, 0.5) is 21.5 Å². The number of aromatic nitrogens is 1. The van der Waals surface area contributed by atoms with Crippen molar-refractivity contribution in [1.82, 2.24) is 4.98 Å². The minimum atomic E-state index is -0.540. The van der Waals surface area contributed by atoms with Crippen LogP contribution in [0.2, 0.25) is 10.0 Å². The quantitative estimate of drug-likeness (QED) is 0.222. The van der Waals surface area contributed by atoms with Gasteiger partial charge in [-0.3, -0.25) is 4.98 Å². The van der Waals surface area contributed by atoms with Crippen molar-refractivity contribution in [3.05, 3.63) is 68.4 Å². The smallest absolute Gasteiger partial charge is 0.141 e. The maximum Gasteiger partial charge on any atom is 0.141 e. The normalized spacial score (nSPS) is 10.2. The lowest BCUT2D eigenvalue weighted by Gasteiger charge is -2.14. The van der Waals surface area contributed by atoms with Crippen LogP contribution in [0.3, 0.4) is 0 Å². The molecule has 0 aliphatic carbocycles. The van der Waals surface area contributed by atoms with Gasteiger partial charge in [-0.25, -0.2) is 4.39 Å². The van der Waals surface area contributed by atoms with E-state index in [0.29, 0.717) is 39.5 Å². The molecule has 0 radical (unpaired) electrons. The second-order valence-corrected chi connectivity index (χ2v) is 6.46. The van der Waals surface area contributed by atoms with Gasteiger partial charge in [0.15, 0.2) is 0 Å². The van der Waals surface area contributed by atoms with Crippen molar-refractivity contribution in [3.63, 3.8) is 0 Å². The van der Waals surface area contributed by atoms with Crippen molar-refractivity contribution in [3.8, 4) is 6.07 Å². The molecule has 10 heteroatoms. The first-order valence-corrected chi connectivity index (χ1v) is 8.78. The van der Waals surface area contributed by atoms with Crippen molar-refractivity contribution in [2.75, 3.05) is 23.7 Å². The van der Waals surface area contributed by atoms with E-state index in [2.05, 4.69) is 31.7 Å². The van der Waals surface area contributed by atoms with E-state index in [-0.39, 0.29) is 17.1 Å². The number of rotatable bonds is 6. The summed E-state index contributed by atoms with van der Waals surface area (Å²) >= 11 is 12.2. The predicted molar refractivity (Wildman–Crippen MR) is 109 cm³/mol. The zero-order valence-corrected chi connectivity index (χ0v) is 15.8. The molecule has 3 rings (SSSR count). The second-order valence-electron chi connectivity index (χ2n) is 5.65. The van der Waals surface area contributed by atoms with Gasteiger partial charge in [0.05, 0.1) is 26.8 Å². The minimum Gasteiger partial charge on any atom is -0.385 e. The lowest BCUT2D eigenvalue weighted by molar-refractivity contribution is 0.628. The predicted octanol–water partition coefficient (Wildman–Crippen LogP) is 6.02. The van der Waals surface area contributed by atoms with Crippen molar-refractivity contribution in [2.24, 2.45) is 5.11 Å². The van der Waals surface area contributed by atoms with E-state index in [0.717, 1.165) is 0 Å². The van der Waals surface area contributed by atoms with Crippen LogP contribution in [0.5, 0.6) is 0 Å². The van der Waals surface area contributed by atoms with Gasteiger partial charge in [-0.05, 0) is 35.9 Å². The Morgan fingerprint density at radius 3 is 2.71 bits per heavy atom. The highest BCUT2D eigenvalue weighted by Gasteiger charge is 2.14. The molecule has 0 aliphatic rings. The van der Waals surface area contributed by atoms with Crippen molar-refractivity contribution in [1.29, 1.82) is 5.26 Å². The molecule has 0 unspecified atom stereocenters. The summed E-state index contributed by atoms with van der Waals surface area (Å²) in [5.74, 6) is -0.540. The number of benzene rings is 2. The van der Waals surface area contributed by atoms with Crippen LogP contribution in [-0.4, -0.2) is 18.1 Å². The molecule has 0 amide bonds. The Labute approximate surface area is 169 Å². The number of hydrogen-bond donors (Lipinski definition) is 2. The zero-order valence-electron chi connectivity index (χ0n) is 14.2. The van der Waals surface area contributed by atoms with Crippen LogP contribution in [0.25, 0.3) is 21.3 Å². The standard InChI is InChI=1S/C18H12Cl2FN7/c19-14-6-11(1-2-16(14)21)27-17-10(8-22)9-25-18-13(17)5-12(7-15(18)20)24-3-4-26-28-23/h1-2,5-7,9,24H,3-4H2,(H,25,27). The van der Waals surface area contributed by atoms with Crippen molar-refractivity contribution >= 4 is 51.2 Å². The summed E-state index contributed by atoms with van der Waals surface area (Å²) in [5.41, 5.74) is 10.8. The average molecular weight is 416 g/mol. The van der Waals surface area contributed by atoms with Crippen LogP contribution >= 0.6 is 23.2 Å². The van der Waals surface area contributed by atoms with Gasteiger partial charge in [-0.15, -0.1) is 0 Å². The summed E-state index contributed by atoms with van der Waals surface area (Å²) in [6.07, 6.45) is 1.41. The first-order chi connectivity index (χ1) is 13.5. The molecule has 0 spiro atoms. The molecule has 0 saturated carbocycles. The van der Waals surface area contributed by atoms with Gasteiger partial charge in [0.25, 0.3) is 0 Å². The van der Waals surface area contributed by atoms with E-state index in [9.17, 15) is 9.65 Å². The van der Waals surface area contributed by atoms with Crippen molar-refractivity contribution < 1.29 is 4.39 Å². The fourth-order valence-corrected chi connectivity index (χ4v) is 3.04. The average Bonchev–Trinajstić information content (AvgIpc) is 2.68. The Hall–Kier alpha value is -3.24. The number of anilines is 3. The van der Waals surface area contributed by atoms with Crippen LogP contribution in [0.15, 0.2) is 41.6 Å². The zero-order chi connectivity index (χ0) is 20.1. The van der Waals surface area contributed by atoms with E-state index >= 15 is 0 Å².